The van der Waals surface area contributed by atoms with E-state index in [0.29, 0.717) is 38.8 Å². The van der Waals surface area contributed by atoms with Crippen LogP contribution < -0.4 is 5.32 Å². The Kier molecular flexibility index (Phi) is 8.85. The average molecular weight is 592 g/mol. The molecule has 1 unspecified atom stereocenters. The molecule has 0 saturated heterocycles. The summed E-state index contributed by atoms with van der Waals surface area (Å²) in [6.45, 7) is 2.02. The molecule has 0 bridgehead atoms. The summed E-state index contributed by atoms with van der Waals surface area (Å²) in [5.41, 5.74) is 4.36. The number of carbonyl (C=O) groups excluding carboxylic acids is 1. The van der Waals surface area contributed by atoms with E-state index in [2.05, 4.69) is 15.5 Å². The van der Waals surface area contributed by atoms with Gasteiger partial charge in [-0.2, -0.15) is 0 Å². The number of aromatic nitrogens is 3. The van der Waals surface area contributed by atoms with Gasteiger partial charge in [-0.05, 0) is 66.9 Å². The zero-order valence-electron chi connectivity index (χ0n) is 21.5. The van der Waals surface area contributed by atoms with Gasteiger partial charge in [-0.1, -0.05) is 95.1 Å². The molecule has 0 aliphatic rings. The first kappa shape index (κ1) is 27.9. The zero-order valence-corrected chi connectivity index (χ0v) is 23.8. The second-order valence-corrected chi connectivity index (χ2v) is 11.0. The van der Waals surface area contributed by atoms with Crippen molar-refractivity contribution in [2.75, 3.05) is 0 Å². The molecule has 1 aromatic heterocycles. The maximum atomic E-state index is 13.4. The fraction of sp³-hybridized carbons (Fsp3) is 0.129. The highest BCUT2D eigenvalue weighted by molar-refractivity contribution is 7.98. The molecule has 40 heavy (non-hydrogen) atoms. The fourth-order valence-electron chi connectivity index (χ4n) is 4.20. The number of hydrogen-bond acceptors (Lipinski definition) is 4. The van der Waals surface area contributed by atoms with Crippen LogP contribution in [0.2, 0.25) is 10.0 Å². The number of benzene rings is 4. The molecule has 1 amide bonds. The third kappa shape index (κ3) is 6.73. The number of amides is 1. The molecule has 5 nitrogen and oxygen atoms in total. The molecule has 0 fully saturated rings. The van der Waals surface area contributed by atoms with Gasteiger partial charge in [0.15, 0.2) is 11.0 Å². The van der Waals surface area contributed by atoms with Gasteiger partial charge < -0.3 is 5.32 Å². The van der Waals surface area contributed by atoms with Crippen LogP contribution in [-0.4, -0.2) is 20.7 Å². The monoisotopic (exact) mass is 590 g/mol. The third-order valence-electron chi connectivity index (χ3n) is 6.31. The topological polar surface area (TPSA) is 59.8 Å². The van der Waals surface area contributed by atoms with E-state index in [0.717, 1.165) is 22.4 Å². The summed E-state index contributed by atoms with van der Waals surface area (Å²) in [6, 6.07) is 28.6. The van der Waals surface area contributed by atoms with Crippen molar-refractivity contribution >= 4 is 40.9 Å². The van der Waals surface area contributed by atoms with Crippen LogP contribution in [0.4, 0.5) is 4.39 Å². The third-order valence-corrected chi connectivity index (χ3v) is 8.05. The number of thioether (sulfide) groups is 1. The number of halogens is 3. The molecule has 0 saturated carbocycles. The van der Waals surface area contributed by atoms with Crippen LogP contribution in [0.25, 0.3) is 5.69 Å². The lowest BCUT2D eigenvalue weighted by molar-refractivity contribution is 0.0934. The van der Waals surface area contributed by atoms with Gasteiger partial charge in [0.25, 0.3) is 5.91 Å². The average Bonchev–Trinajstić information content (AvgIpc) is 3.38. The van der Waals surface area contributed by atoms with Crippen LogP contribution in [-0.2, 0) is 12.2 Å². The molecule has 4 aromatic carbocycles. The first-order chi connectivity index (χ1) is 19.4. The Morgan fingerprint density at radius 2 is 1.62 bits per heavy atom. The normalized spacial score (nSPS) is 11.8. The van der Waals surface area contributed by atoms with Gasteiger partial charge in [0, 0.05) is 17.0 Å². The van der Waals surface area contributed by atoms with Crippen molar-refractivity contribution in [3.05, 3.63) is 141 Å². The van der Waals surface area contributed by atoms with Crippen molar-refractivity contribution in [1.29, 1.82) is 0 Å². The number of nitrogens with one attached hydrogen (secondary N) is 1. The number of aryl methyl sites for hydroxylation is 1. The van der Waals surface area contributed by atoms with Crippen LogP contribution in [0.5, 0.6) is 0 Å². The highest BCUT2D eigenvalue weighted by Crippen LogP contribution is 2.30. The predicted molar refractivity (Wildman–Crippen MR) is 159 cm³/mol. The largest absolute Gasteiger partial charge is 0.342 e. The minimum absolute atomic E-state index is 0.277. The Bertz CT molecular complexity index is 1610. The molecular formula is C31H25Cl2FN4OS. The highest BCUT2D eigenvalue weighted by Gasteiger charge is 2.25. The molecule has 9 heteroatoms. The molecule has 0 radical (unpaired) electrons. The maximum absolute atomic E-state index is 13.4. The van der Waals surface area contributed by atoms with Crippen LogP contribution >= 0.6 is 35.0 Å². The molecular weight excluding hydrogens is 566 g/mol. The first-order valence-corrected chi connectivity index (χ1v) is 14.3. The van der Waals surface area contributed by atoms with Crippen molar-refractivity contribution in [2.24, 2.45) is 0 Å². The molecule has 1 heterocycles. The lowest BCUT2D eigenvalue weighted by Crippen LogP contribution is -2.32. The van der Waals surface area contributed by atoms with E-state index in [1.54, 1.807) is 30.3 Å². The maximum Gasteiger partial charge on any atom is 0.251 e. The summed E-state index contributed by atoms with van der Waals surface area (Å²) in [6.07, 6.45) is 0.487. The summed E-state index contributed by atoms with van der Waals surface area (Å²) in [5, 5.41) is 13.6. The molecule has 1 atom stereocenters. The molecule has 5 aromatic rings. The summed E-state index contributed by atoms with van der Waals surface area (Å²) >= 11 is 13.8. The van der Waals surface area contributed by atoms with E-state index < -0.39 is 6.04 Å². The second-order valence-electron chi connectivity index (χ2n) is 9.27. The quantitative estimate of drug-likeness (QED) is 0.176. The van der Waals surface area contributed by atoms with Crippen LogP contribution in [0.3, 0.4) is 0 Å². The first-order valence-electron chi connectivity index (χ1n) is 12.6. The molecule has 1 N–H and O–H groups in total. The highest BCUT2D eigenvalue weighted by atomic mass is 35.5. The standard InChI is InChI=1S/C31H25Cl2FN4OS/c1-20-7-14-25(15-8-20)38-29(36-37-31(38)40-19-22-9-12-24(34)13-10-22)28(17-21-5-3-2-4-6-21)35-30(39)23-11-16-26(32)27(33)18-23/h2-16,18,28H,17,19H2,1H3,(H,35,39). The van der Waals surface area contributed by atoms with E-state index >= 15 is 0 Å². The van der Waals surface area contributed by atoms with Crippen molar-refractivity contribution in [2.45, 2.75) is 30.3 Å². The molecule has 5 rings (SSSR count). The Labute approximate surface area is 246 Å². The summed E-state index contributed by atoms with van der Waals surface area (Å²) in [4.78, 5) is 13.4. The predicted octanol–water partition coefficient (Wildman–Crippen LogP) is 8.03. The summed E-state index contributed by atoms with van der Waals surface area (Å²) < 4.78 is 15.4. The number of carbonyl (C=O) groups is 1. The zero-order chi connectivity index (χ0) is 28.1. The summed E-state index contributed by atoms with van der Waals surface area (Å²) in [7, 11) is 0. The smallest absolute Gasteiger partial charge is 0.251 e. The van der Waals surface area contributed by atoms with E-state index in [1.165, 1.54) is 23.9 Å². The van der Waals surface area contributed by atoms with Crippen molar-refractivity contribution in [1.82, 2.24) is 20.1 Å². The minimum Gasteiger partial charge on any atom is -0.342 e. The van der Waals surface area contributed by atoms with Gasteiger partial charge in [-0.3, -0.25) is 9.36 Å². The lowest BCUT2D eigenvalue weighted by Gasteiger charge is -2.20. The van der Waals surface area contributed by atoms with E-state index in [4.69, 9.17) is 23.2 Å². The van der Waals surface area contributed by atoms with Gasteiger partial charge in [-0.25, -0.2) is 4.39 Å². The van der Waals surface area contributed by atoms with Crippen molar-refractivity contribution in [3.63, 3.8) is 0 Å². The van der Waals surface area contributed by atoms with Gasteiger partial charge >= 0.3 is 0 Å². The van der Waals surface area contributed by atoms with Gasteiger partial charge in [0.05, 0.1) is 16.1 Å². The molecule has 0 aliphatic carbocycles. The van der Waals surface area contributed by atoms with Gasteiger partial charge in [0.1, 0.15) is 5.82 Å². The van der Waals surface area contributed by atoms with E-state index in [9.17, 15) is 9.18 Å². The Balaban J connectivity index is 1.53. The number of rotatable bonds is 9. The van der Waals surface area contributed by atoms with Crippen LogP contribution in [0, 0.1) is 12.7 Å². The van der Waals surface area contributed by atoms with E-state index in [1.807, 2.05) is 66.1 Å². The Morgan fingerprint density at radius 1 is 0.900 bits per heavy atom. The minimum atomic E-state index is -0.515. The number of nitrogens with zero attached hydrogens (tertiary/aromatic N) is 3. The van der Waals surface area contributed by atoms with Gasteiger partial charge in [-0.15, -0.1) is 10.2 Å². The fourth-order valence-corrected chi connectivity index (χ4v) is 5.41. The van der Waals surface area contributed by atoms with E-state index in [-0.39, 0.29) is 11.7 Å². The Morgan fingerprint density at radius 3 is 2.33 bits per heavy atom. The molecule has 0 aliphatic heterocycles. The van der Waals surface area contributed by atoms with Crippen LogP contribution in [0.1, 0.15) is 38.9 Å². The summed E-state index contributed by atoms with van der Waals surface area (Å²) in [5.74, 6) is 0.574. The second kappa shape index (κ2) is 12.7. The van der Waals surface area contributed by atoms with Crippen LogP contribution in [0.15, 0.2) is 102 Å². The van der Waals surface area contributed by atoms with Crippen molar-refractivity contribution in [3.8, 4) is 5.69 Å². The Hall–Kier alpha value is -3.65. The lowest BCUT2D eigenvalue weighted by atomic mass is 10.0. The van der Waals surface area contributed by atoms with Crippen molar-refractivity contribution < 1.29 is 9.18 Å². The molecule has 202 valence electrons. The molecule has 0 spiro atoms. The number of hydrogen-bond donors (Lipinski definition) is 1. The van der Waals surface area contributed by atoms with Gasteiger partial charge in [0.2, 0.25) is 0 Å². The SMILES string of the molecule is Cc1ccc(-n2c(SCc3ccc(F)cc3)nnc2C(Cc2ccccc2)NC(=O)c2ccc(Cl)c(Cl)c2)cc1.